The number of carbonyl (C=O) groups excluding carboxylic acids is 1. The van der Waals surface area contributed by atoms with Gasteiger partial charge >= 0.3 is 6.03 Å². The van der Waals surface area contributed by atoms with Gasteiger partial charge < -0.3 is 16.4 Å². The van der Waals surface area contributed by atoms with E-state index in [9.17, 15) is 4.79 Å². The lowest BCUT2D eigenvalue weighted by molar-refractivity contribution is 0.234. The van der Waals surface area contributed by atoms with Gasteiger partial charge in [0.15, 0.2) is 0 Å². The Hall–Kier alpha value is -2.06. The number of nitriles is 1. The summed E-state index contributed by atoms with van der Waals surface area (Å²) in [5.74, 6) is 0. The molecule has 2 amide bonds. The van der Waals surface area contributed by atoms with Crippen LogP contribution in [0, 0.1) is 11.3 Å². The van der Waals surface area contributed by atoms with E-state index in [0.717, 1.165) is 12.8 Å². The predicted octanol–water partition coefficient (Wildman–Crippen LogP) is 1.17. The summed E-state index contributed by atoms with van der Waals surface area (Å²) in [6.07, 6.45) is 1.67. The molecule has 5 heteroatoms. The molecule has 0 aliphatic heterocycles. The molecular weight excluding hydrogens is 216 g/mol. The van der Waals surface area contributed by atoms with E-state index in [2.05, 4.69) is 10.6 Å². The van der Waals surface area contributed by atoms with Gasteiger partial charge in [-0.25, -0.2) is 4.79 Å². The van der Waals surface area contributed by atoms with E-state index >= 15 is 0 Å². The first-order valence-electron chi connectivity index (χ1n) is 5.50. The van der Waals surface area contributed by atoms with Crippen molar-refractivity contribution in [1.29, 1.82) is 5.26 Å². The highest BCUT2D eigenvalue weighted by atomic mass is 16.2. The number of nitrogens with one attached hydrogen (secondary N) is 2. The van der Waals surface area contributed by atoms with Gasteiger partial charge in [0, 0.05) is 17.8 Å². The summed E-state index contributed by atoms with van der Waals surface area (Å²) in [5, 5.41) is 14.2. The molecule has 1 aliphatic rings. The van der Waals surface area contributed by atoms with Gasteiger partial charge in [-0.1, -0.05) is 0 Å². The van der Waals surface area contributed by atoms with Gasteiger partial charge in [0.1, 0.15) is 0 Å². The van der Waals surface area contributed by atoms with Gasteiger partial charge in [0.25, 0.3) is 0 Å². The van der Waals surface area contributed by atoms with Crippen LogP contribution in [0.1, 0.15) is 18.4 Å². The third kappa shape index (κ3) is 2.95. The molecule has 0 spiro atoms. The van der Waals surface area contributed by atoms with Gasteiger partial charge in [0.2, 0.25) is 0 Å². The van der Waals surface area contributed by atoms with Crippen molar-refractivity contribution in [1.82, 2.24) is 5.32 Å². The van der Waals surface area contributed by atoms with Crippen molar-refractivity contribution >= 4 is 11.7 Å². The Labute approximate surface area is 99.6 Å². The highest BCUT2D eigenvalue weighted by Gasteiger charge is 2.26. The van der Waals surface area contributed by atoms with Crippen molar-refractivity contribution in [2.24, 2.45) is 5.73 Å². The molecule has 4 N–H and O–H groups in total. The molecule has 0 bridgehead atoms. The quantitative estimate of drug-likeness (QED) is 0.712. The highest BCUT2D eigenvalue weighted by molar-refractivity contribution is 5.89. The normalized spacial score (nSPS) is 22.1. The summed E-state index contributed by atoms with van der Waals surface area (Å²) < 4.78 is 0. The van der Waals surface area contributed by atoms with Crippen molar-refractivity contribution in [2.75, 3.05) is 5.32 Å². The standard InChI is InChI=1S/C12H14N4O/c13-7-8-1-3-10(4-2-8)15-12(17)16-11-5-9(14)6-11/h1-4,9,11H,5-6,14H2,(H2,15,16,17). The zero-order valence-corrected chi connectivity index (χ0v) is 9.31. The summed E-state index contributed by atoms with van der Waals surface area (Å²) in [6, 6.07) is 8.91. The number of anilines is 1. The van der Waals surface area contributed by atoms with E-state index in [1.807, 2.05) is 6.07 Å². The number of hydrogen-bond donors (Lipinski definition) is 3. The van der Waals surface area contributed by atoms with Crippen LogP contribution in [0.3, 0.4) is 0 Å². The molecule has 17 heavy (non-hydrogen) atoms. The molecule has 1 aromatic rings. The minimum atomic E-state index is -0.230. The van der Waals surface area contributed by atoms with Crippen LogP contribution < -0.4 is 16.4 Å². The Morgan fingerprint density at radius 3 is 2.53 bits per heavy atom. The van der Waals surface area contributed by atoms with Gasteiger partial charge in [-0.05, 0) is 37.1 Å². The van der Waals surface area contributed by atoms with Gasteiger partial charge in [0.05, 0.1) is 11.6 Å². The molecule has 2 rings (SSSR count). The SMILES string of the molecule is N#Cc1ccc(NC(=O)NC2CC(N)C2)cc1. The van der Waals surface area contributed by atoms with Crippen LogP contribution in [0.5, 0.6) is 0 Å². The number of rotatable bonds is 2. The number of hydrogen-bond acceptors (Lipinski definition) is 3. The minimum Gasteiger partial charge on any atom is -0.335 e. The van der Waals surface area contributed by atoms with E-state index in [4.69, 9.17) is 11.0 Å². The first kappa shape index (κ1) is 11.4. The predicted molar refractivity (Wildman–Crippen MR) is 64.3 cm³/mol. The Morgan fingerprint density at radius 1 is 1.35 bits per heavy atom. The molecule has 0 heterocycles. The summed E-state index contributed by atoms with van der Waals surface area (Å²) in [4.78, 5) is 11.5. The zero-order valence-electron chi connectivity index (χ0n) is 9.31. The summed E-state index contributed by atoms with van der Waals surface area (Å²) in [5.41, 5.74) is 6.87. The van der Waals surface area contributed by atoms with Crippen LogP contribution in [0.4, 0.5) is 10.5 Å². The highest BCUT2D eigenvalue weighted by Crippen LogP contribution is 2.17. The third-order valence-corrected chi connectivity index (χ3v) is 2.78. The van der Waals surface area contributed by atoms with Crippen molar-refractivity contribution in [2.45, 2.75) is 24.9 Å². The Balaban J connectivity index is 1.83. The lowest BCUT2D eigenvalue weighted by Gasteiger charge is -2.32. The van der Waals surface area contributed by atoms with Crippen LogP contribution in [0.2, 0.25) is 0 Å². The molecule has 5 nitrogen and oxygen atoms in total. The Bertz CT molecular complexity index is 443. The van der Waals surface area contributed by atoms with E-state index in [1.165, 1.54) is 0 Å². The maximum Gasteiger partial charge on any atom is 0.319 e. The van der Waals surface area contributed by atoms with E-state index in [1.54, 1.807) is 24.3 Å². The van der Waals surface area contributed by atoms with Crippen LogP contribution in [-0.2, 0) is 0 Å². The van der Waals surface area contributed by atoms with Crippen LogP contribution in [0.15, 0.2) is 24.3 Å². The second kappa shape index (κ2) is 4.85. The Kier molecular flexibility index (Phi) is 3.26. The van der Waals surface area contributed by atoms with Crippen molar-refractivity contribution in [3.8, 4) is 6.07 Å². The molecule has 88 valence electrons. The van der Waals surface area contributed by atoms with E-state index in [0.29, 0.717) is 11.3 Å². The number of carbonyl (C=O) groups is 1. The lowest BCUT2D eigenvalue weighted by atomic mass is 9.88. The number of urea groups is 1. The molecule has 0 aromatic heterocycles. The first-order valence-corrected chi connectivity index (χ1v) is 5.50. The molecule has 1 aromatic carbocycles. The molecule has 1 fully saturated rings. The second-order valence-electron chi connectivity index (χ2n) is 4.22. The second-order valence-corrected chi connectivity index (χ2v) is 4.22. The first-order chi connectivity index (χ1) is 8.17. The minimum absolute atomic E-state index is 0.184. The lowest BCUT2D eigenvalue weighted by Crippen LogP contribution is -2.51. The van der Waals surface area contributed by atoms with Gasteiger partial charge in [-0.2, -0.15) is 5.26 Å². The summed E-state index contributed by atoms with van der Waals surface area (Å²) in [6.45, 7) is 0. The van der Waals surface area contributed by atoms with Crippen LogP contribution in [0.25, 0.3) is 0 Å². The molecular formula is C12H14N4O. The fourth-order valence-corrected chi connectivity index (χ4v) is 1.76. The average molecular weight is 230 g/mol. The Morgan fingerprint density at radius 2 is 2.00 bits per heavy atom. The fraction of sp³-hybridized carbons (Fsp3) is 0.333. The maximum atomic E-state index is 11.5. The molecule has 0 unspecified atom stereocenters. The van der Waals surface area contributed by atoms with Crippen LogP contribution >= 0.6 is 0 Å². The smallest absolute Gasteiger partial charge is 0.319 e. The molecule has 0 atom stereocenters. The van der Waals surface area contributed by atoms with Crippen LogP contribution in [-0.4, -0.2) is 18.1 Å². The van der Waals surface area contributed by atoms with Crippen molar-refractivity contribution in [3.05, 3.63) is 29.8 Å². The third-order valence-electron chi connectivity index (χ3n) is 2.78. The van der Waals surface area contributed by atoms with Crippen molar-refractivity contribution in [3.63, 3.8) is 0 Å². The molecule has 0 radical (unpaired) electrons. The number of amides is 2. The van der Waals surface area contributed by atoms with Gasteiger partial charge in [-0.3, -0.25) is 0 Å². The zero-order chi connectivity index (χ0) is 12.3. The monoisotopic (exact) mass is 230 g/mol. The summed E-state index contributed by atoms with van der Waals surface area (Å²) in [7, 11) is 0. The molecule has 1 aliphatic carbocycles. The molecule has 1 saturated carbocycles. The van der Waals surface area contributed by atoms with Crippen molar-refractivity contribution < 1.29 is 4.79 Å². The topological polar surface area (TPSA) is 90.9 Å². The van der Waals surface area contributed by atoms with E-state index in [-0.39, 0.29) is 18.1 Å². The number of nitrogens with zero attached hydrogens (tertiary/aromatic N) is 1. The van der Waals surface area contributed by atoms with E-state index < -0.39 is 0 Å². The average Bonchev–Trinajstić information content (AvgIpc) is 2.28. The number of benzene rings is 1. The largest absolute Gasteiger partial charge is 0.335 e. The van der Waals surface area contributed by atoms with Gasteiger partial charge in [-0.15, -0.1) is 0 Å². The number of nitrogens with two attached hydrogens (primary N) is 1. The maximum absolute atomic E-state index is 11.5. The fourth-order valence-electron chi connectivity index (χ4n) is 1.76. The molecule has 0 saturated heterocycles. The summed E-state index contributed by atoms with van der Waals surface area (Å²) >= 11 is 0.